The van der Waals surface area contributed by atoms with Crippen molar-refractivity contribution >= 4 is 46.2 Å². The number of benzene rings is 1. The second kappa shape index (κ2) is 8.40. The third-order valence-corrected chi connectivity index (χ3v) is 3.99. The Morgan fingerprint density at radius 2 is 1.87 bits per heavy atom. The van der Waals surface area contributed by atoms with Crippen molar-refractivity contribution in [1.29, 1.82) is 0 Å². The number of anilines is 1. The minimum absolute atomic E-state index is 0.105. The van der Waals surface area contributed by atoms with E-state index in [-0.39, 0.29) is 16.9 Å². The fourth-order valence-corrected chi connectivity index (χ4v) is 2.61. The topological polar surface area (TPSA) is 70.2 Å². The largest absolute Gasteiger partial charge is 0.352 e. The molecule has 0 aliphatic carbocycles. The van der Waals surface area contributed by atoms with Gasteiger partial charge < -0.3 is 10.6 Å². The quantitative estimate of drug-likeness (QED) is 0.727. The number of hydrogen-bond donors (Lipinski definition) is 3. The van der Waals surface area contributed by atoms with E-state index >= 15 is 0 Å². The van der Waals surface area contributed by atoms with Gasteiger partial charge in [0.1, 0.15) is 0 Å². The van der Waals surface area contributed by atoms with Gasteiger partial charge in [-0.15, -0.1) is 11.3 Å². The first-order valence-corrected chi connectivity index (χ1v) is 8.43. The molecule has 0 atom stereocenters. The van der Waals surface area contributed by atoms with Gasteiger partial charge in [-0.2, -0.15) is 0 Å². The molecule has 0 saturated heterocycles. The van der Waals surface area contributed by atoms with E-state index < -0.39 is 0 Å². The van der Waals surface area contributed by atoms with Crippen molar-refractivity contribution in [3.05, 3.63) is 52.2 Å². The van der Waals surface area contributed by atoms with E-state index in [2.05, 4.69) is 16.0 Å². The van der Waals surface area contributed by atoms with Crippen molar-refractivity contribution in [2.45, 2.75) is 13.3 Å². The molecule has 0 aliphatic rings. The molecule has 23 heavy (non-hydrogen) atoms. The van der Waals surface area contributed by atoms with Crippen LogP contribution < -0.4 is 16.0 Å². The maximum Gasteiger partial charge on any atom is 0.267 e. The number of carbonyl (C=O) groups excluding carboxylic acids is 2. The van der Waals surface area contributed by atoms with E-state index in [0.29, 0.717) is 22.7 Å². The third kappa shape index (κ3) is 5.15. The second-order valence-electron chi connectivity index (χ2n) is 4.72. The van der Waals surface area contributed by atoms with Gasteiger partial charge in [0.25, 0.3) is 11.8 Å². The molecule has 0 saturated carbocycles. The summed E-state index contributed by atoms with van der Waals surface area (Å²) < 4.78 is 0. The highest BCUT2D eigenvalue weighted by Gasteiger charge is 2.09. The van der Waals surface area contributed by atoms with E-state index in [1.807, 2.05) is 12.3 Å². The average molecular weight is 347 g/mol. The number of thiophene rings is 1. The van der Waals surface area contributed by atoms with Crippen LogP contribution in [0, 0.1) is 0 Å². The first kappa shape index (κ1) is 17.1. The van der Waals surface area contributed by atoms with Crippen LogP contribution in [0.25, 0.3) is 0 Å². The molecule has 0 aliphatic heterocycles. The van der Waals surface area contributed by atoms with Crippen LogP contribution in [0.4, 0.5) is 5.69 Å². The van der Waals surface area contributed by atoms with Gasteiger partial charge in [0.15, 0.2) is 5.11 Å². The molecule has 5 nitrogen and oxygen atoms in total. The van der Waals surface area contributed by atoms with Crippen molar-refractivity contribution in [2.75, 3.05) is 11.9 Å². The molecule has 0 unspecified atom stereocenters. The molecule has 2 aromatic rings. The summed E-state index contributed by atoms with van der Waals surface area (Å²) in [4.78, 5) is 24.3. The van der Waals surface area contributed by atoms with Crippen molar-refractivity contribution in [2.24, 2.45) is 0 Å². The van der Waals surface area contributed by atoms with Crippen LogP contribution in [-0.2, 0) is 0 Å². The van der Waals surface area contributed by atoms with Crippen LogP contribution in [0.1, 0.15) is 33.4 Å². The lowest BCUT2D eigenvalue weighted by molar-refractivity contribution is 0.0951. The Balaban J connectivity index is 1.89. The summed E-state index contributed by atoms with van der Waals surface area (Å²) in [6, 6.07) is 10.4. The molecule has 0 radical (unpaired) electrons. The van der Waals surface area contributed by atoms with Crippen molar-refractivity contribution < 1.29 is 9.59 Å². The zero-order valence-corrected chi connectivity index (χ0v) is 14.2. The van der Waals surface area contributed by atoms with Crippen LogP contribution in [-0.4, -0.2) is 23.5 Å². The highest BCUT2D eigenvalue weighted by molar-refractivity contribution is 7.80. The molecule has 7 heteroatoms. The van der Waals surface area contributed by atoms with Crippen molar-refractivity contribution in [1.82, 2.24) is 10.6 Å². The molecule has 1 aromatic heterocycles. The molecule has 2 rings (SSSR count). The average Bonchev–Trinajstić information content (AvgIpc) is 3.07. The SMILES string of the molecule is CCCNC(=O)c1ccc(NC(=S)NC(=O)c2cccs2)cc1. The zero-order chi connectivity index (χ0) is 16.7. The van der Waals surface area contributed by atoms with E-state index in [1.54, 1.807) is 36.4 Å². The van der Waals surface area contributed by atoms with E-state index in [9.17, 15) is 9.59 Å². The van der Waals surface area contributed by atoms with Gasteiger partial charge >= 0.3 is 0 Å². The standard InChI is InChI=1S/C16H17N3O2S2/c1-2-9-17-14(20)11-5-7-12(8-6-11)18-16(22)19-15(21)13-4-3-10-23-13/h3-8,10H,2,9H2,1H3,(H,17,20)(H2,18,19,21,22). The maximum absolute atomic E-state index is 11.9. The van der Waals surface area contributed by atoms with E-state index in [4.69, 9.17) is 12.2 Å². The molecule has 0 spiro atoms. The van der Waals surface area contributed by atoms with Gasteiger partial charge in [0.2, 0.25) is 0 Å². The molecular weight excluding hydrogens is 330 g/mol. The molecule has 3 N–H and O–H groups in total. The fraction of sp³-hybridized carbons (Fsp3) is 0.188. The van der Waals surface area contributed by atoms with Crippen LogP contribution in [0.15, 0.2) is 41.8 Å². The van der Waals surface area contributed by atoms with Crippen LogP contribution >= 0.6 is 23.6 Å². The molecule has 1 aromatic carbocycles. The minimum atomic E-state index is -0.243. The Labute approximate surface area is 144 Å². The summed E-state index contributed by atoms with van der Waals surface area (Å²) in [5, 5.41) is 10.4. The Hall–Kier alpha value is -2.25. The number of carbonyl (C=O) groups is 2. The van der Waals surface area contributed by atoms with Crippen LogP contribution in [0.3, 0.4) is 0 Å². The number of rotatable bonds is 5. The summed E-state index contributed by atoms with van der Waals surface area (Å²) in [6.07, 6.45) is 0.892. The Morgan fingerprint density at radius 1 is 1.13 bits per heavy atom. The maximum atomic E-state index is 11.9. The first-order chi connectivity index (χ1) is 11.1. The number of amides is 2. The van der Waals surface area contributed by atoms with Crippen LogP contribution in [0.5, 0.6) is 0 Å². The molecule has 0 fully saturated rings. The summed E-state index contributed by atoms with van der Waals surface area (Å²) in [7, 11) is 0. The van der Waals surface area contributed by atoms with Gasteiger partial charge in [-0.1, -0.05) is 13.0 Å². The van der Waals surface area contributed by atoms with Gasteiger partial charge in [-0.25, -0.2) is 0 Å². The molecule has 0 bridgehead atoms. The molecular formula is C16H17N3O2S2. The first-order valence-electron chi connectivity index (χ1n) is 7.14. The lowest BCUT2D eigenvalue weighted by Crippen LogP contribution is -2.33. The second-order valence-corrected chi connectivity index (χ2v) is 6.07. The van der Waals surface area contributed by atoms with E-state index in [0.717, 1.165) is 6.42 Å². The third-order valence-electron chi connectivity index (χ3n) is 2.91. The summed E-state index contributed by atoms with van der Waals surface area (Å²) >= 11 is 6.46. The summed E-state index contributed by atoms with van der Waals surface area (Å²) in [5.74, 6) is -0.347. The number of hydrogen-bond acceptors (Lipinski definition) is 4. The smallest absolute Gasteiger partial charge is 0.267 e. The molecule has 1 heterocycles. The Kier molecular flexibility index (Phi) is 6.25. The van der Waals surface area contributed by atoms with E-state index in [1.165, 1.54) is 11.3 Å². The zero-order valence-electron chi connectivity index (χ0n) is 12.6. The van der Waals surface area contributed by atoms with Gasteiger partial charge in [-0.05, 0) is 54.4 Å². The summed E-state index contributed by atoms with van der Waals surface area (Å²) in [5.41, 5.74) is 1.28. The highest BCUT2D eigenvalue weighted by atomic mass is 32.1. The van der Waals surface area contributed by atoms with Gasteiger partial charge in [0, 0.05) is 17.8 Å². The highest BCUT2D eigenvalue weighted by Crippen LogP contribution is 2.11. The Bertz CT molecular complexity index is 682. The fourth-order valence-electron chi connectivity index (χ4n) is 1.78. The predicted molar refractivity (Wildman–Crippen MR) is 97.1 cm³/mol. The predicted octanol–water partition coefficient (Wildman–Crippen LogP) is 3.01. The summed E-state index contributed by atoms with van der Waals surface area (Å²) in [6.45, 7) is 2.65. The minimum Gasteiger partial charge on any atom is -0.352 e. The number of thiocarbonyl (C=S) groups is 1. The van der Waals surface area contributed by atoms with Gasteiger partial charge in [-0.3, -0.25) is 14.9 Å². The normalized spacial score (nSPS) is 9.96. The van der Waals surface area contributed by atoms with Crippen LogP contribution in [0.2, 0.25) is 0 Å². The van der Waals surface area contributed by atoms with Crippen molar-refractivity contribution in [3.8, 4) is 0 Å². The monoisotopic (exact) mass is 347 g/mol. The molecule has 2 amide bonds. The van der Waals surface area contributed by atoms with Gasteiger partial charge in [0.05, 0.1) is 4.88 Å². The number of nitrogens with one attached hydrogen (secondary N) is 3. The lowest BCUT2D eigenvalue weighted by Gasteiger charge is -2.09. The molecule has 120 valence electrons. The lowest BCUT2D eigenvalue weighted by atomic mass is 10.2. The van der Waals surface area contributed by atoms with Crippen molar-refractivity contribution in [3.63, 3.8) is 0 Å². The Morgan fingerprint density at radius 3 is 2.48 bits per heavy atom.